The lowest BCUT2D eigenvalue weighted by atomic mass is 9.87. The summed E-state index contributed by atoms with van der Waals surface area (Å²) >= 11 is 5.84. The molecule has 0 saturated carbocycles. The molecule has 1 aliphatic rings. The van der Waals surface area contributed by atoms with E-state index in [4.69, 9.17) is 11.6 Å². The molecule has 1 aromatic heterocycles. The van der Waals surface area contributed by atoms with Gasteiger partial charge in [-0.25, -0.2) is 9.97 Å². The molecule has 88 valence electrons. The predicted molar refractivity (Wildman–Crippen MR) is 53.3 cm³/mol. The molecule has 0 N–H and O–H groups in total. The molecule has 0 saturated heterocycles. The minimum absolute atomic E-state index is 0.0866. The van der Waals surface area contributed by atoms with Crippen molar-refractivity contribution in [2.75, 3.05) is 0 Å². The second kappa shape index (κ2) is 3.87. The average Bonchev–Trinajstić information content (AvgIpc) is 2.15. The van der Waals surface area contributed by atoms with Crippen LogP contribution < -0.4 is 0 Å². The third-order valence-corrected chi connectivity index (χ3v) is 3.11. The van der Waals surface area contributed by atoms with Crippen molar-refractivity contribution < 1.29 is 13.2 Å². The fourth-order valence-corrected chi connectivity index (χ4v) is 2.27. The molecule has 1 aliphatic carbocycles. The first kappa shape index (κ1) is 11.6. The monoisotopic (exact) mass is 250 g/mol. The molecular formula is C10H10ClF3N2. The Morgan fingerprint density at radius 1 is 1.31 bits per heavy atom. The molecule has 0 fully saturated rings. The van der Waals surface area contributed by atoms with Gasteiger partial charge in [0.25, 0.3) is 0 Å². The van der Waals surface area contributed by atoms with Crippen LogP contribution in [0.25, 0.3) is 0 Å². The first-order valence-corrected chi connectivity index (χ1v) is 5.34. The Morgan fingerprint density at radius 2 is 2.00 bits per heavy atom. The van der Waals surface area contributed by atoms with Gasteiger partial charge < -0.3 is 0 Å². The van der Waals surface area contributed by atoms with E-state index in [9.17, 15) is 13.2 Å². The molecule has 0 aliphatic heterocycles. The summed E-state index contributed by atoms with van der Waals surface area (Å²) in [6, 6.07) is 0. The maximum absolute atomic E-state index is 12.6. The molecule has 1 heterocycles. The van der Waals surface area contributed by atoms with E-state index in [-0.39, 0.29) is 18.0 Å². The average molecular weight is 251 g/mol. The summed E-state index contributed by atoms with van der Waals surface area (Å²) in [7, 11) is 0. The summed E-state index contributed by atoms with van der Waals surface area (Å²) in [5, 5.41) is 0.163. The number of hydrogen-bond acceptors (Lipinski definition) is 2. The predicted octanol–water partition coefficient (Wildman–Crippen LogP) is 3.11. The maximum Gasteiger partial charge on any atom is 0.392 e. The van der Waals surface area contributed by atoms with E-state index >= 15 is 0 Å². The molecule has 1 aromatic rings. The zero-order chi connectivity index (χ0) is 11.9. The smallest absolute Gasteiger partial charge is 0.238 e. The number of aryl methyl sites for hydroxylation is 2. The minimum Gasteiger partial charge on any atom is -0.238 e. The van der Waals surface area contributed by atoms with Gasteiger partial charge in [0.2, 0.25) is 0 Å². The van der Waals surface area contributed by atoms with E-state index in [0.717, 1.165) is 0 Å². The van der Waals surface area contributed by atoms with E-state index in [1.54, 1.807) is 6.92 Å². The van der Waals surface area contributed by atoms with Crippen molar-refractivity contribution in [3.63, 3.8) is 0 Å². The number of rotatable bonds is 0. The van der Waals surface area contributed by atoms with E-state index in [2.05, 4.69) is 9.97 Å². The number of alkyl halides is 3. The molecule has 0 aromatic carbocycles. The molecule has 0 amide bonds. The fraction of sp³-hybridized carbons (Fsp3) is 0.600. The highest BCUT2D eigenvalue weighted by Gasteiger charge is 2.42. The van der Waals surface area contributed by atoms with Crippen LogP contribution >= 0.6 is 11.6 Å². The Bertz CT molecular complexity index is 417. The third-order valence-electron chi connectivity index (χ3n) is 2.80. The summed E-state index contributed by atoms with van der Waals surface area (Å²) < 4.78 is 37.7. The zero-order valence-corrected chi connectivity index (χ0v) is 9.36. The second-order valence-electron chi connectivity index (χ2n) is 3.97. The van der Waals surface area contributed by atoms with Crippen LogP contribution in [-0.4, -0.2) is 16.1 Å². The number of hydrogen-bond donors (Lipinski definition) is 0. The van der Waals surface area contributed by atoms with Gasteiger partial charge in [0, 0.05) is 11.3 Å². The third kappa shape index (κ3) is 2.14. The van der Waals surface area contributed by atoms with Crippen LogP contribution in [0.5, 0.6) is 0 Å². The largest absolute Gasteiger partial charge is 0.392 e. The summed E-state index contributed by atoms with van der Waals surface area (Å²) in [6.45, 7) is 1.68. The molecule has 2 rings (SSSR count). The quantitative estimate of drug-likeness (QED) is 0.661. The van der Waals surface area contributed by atoms with Crippen LogP contribution in [0.4, 0.5) is 13.2 Å². The number of halogens is 4. The van der Waals surface area contributed by atoms with Crippen LogP contribution in [0.15, 0.2) is 0 Å². The van der Waals surface area contributed by atoms with Crippen molar-refractivity contribution >= 4 is 11.6 Å². The van der Waals surface area contributed by atoms with Gasteiger partial charge in [-0.05, 0) is 26.2 Å². The van der Waals surface area contributed by atoms with Gasteiger partial charge in [0.15, 0.2) is 0 Å². The summed E-state index contributed by atoms with van der Waals surface area (Å²) in [5.74, 6) is -0.807. The van der Waals surface area contributed by atoms with Crippen LogP contribution in [0, 0.1) is 12.8 Å². The van der Waals surface area contributed by atoms with E-state index in [0.29, 0.717) is 23.5 Å². The zero-order valence-electron chi connectivity index (χ0n) is 8.60. The summed E-state index contributed by atoms with van der Waals surface area (Å²) in [4.78, 5) is 8.02. The second-order valence-corrected chi connectivity index (χ2v) is 4.33. The standard InChI is InChI=1S/C10H10ClF3N2/c1-5-15-8-3-2-6(10(12,13)14)4-7(8)9(11)16-5/h6H,2-4H2,1H3. The van der Waals surface area contributed by atoms with Crippen LogP contribution in [-0.2, 0) is 12.8 Å². The first-order chi connectivity index (χ1) is 7.38. The fourth-order valence-electron chi connectivity index (χ4n) is 1.96. The molecule has 6 heteroatoms. The molecule has 0 radical (unpaired) electrons. The molecule has 1 unspecified atom stereocenters. The molecule has 0 bridgehead atoms. The van der Waals surface area contributed by atoms with Crippen molar-refractivity contribution in [3.05, 3.63) is 22.2 Å². The highest BCUT2D eigenvalue weighted by Crippen LogP contribution is 2.38. The topological polar surface area (TPSA) is 25.8 Å². The van der Waals surface area contributed by atoms with Crippen molar-refractivity contribution in [3.8, 4) is 0 Å². The highest BCUT2D eigenvalue weighted by molar-refractivity contribution is 6.30. The van der Waals surface area contributed by atoms with Gasteiger partial charge in [-0.15, -0.1) is 0 Å². The van der Waals surface area contributed by atoms with Gasteiger partial charge >= 0.3 is 6.18 Å². The van der Waals surface area contributed by atoms with Crippen LogP contribution in [0.3, 0.4) is 0 Å². The highest BCUT2D eigenvalue weighted by atomic mass is 35.5. The molecule has 1 atom stereocenters. The van der Waals surface area contributed by atoms with Crippen LogP contribution in [0.2, 0.25) is 5.15 Å². The summed E-state index contributed by atoms with van der Waals surface area (Å²) in [5.41, 5.74) is 1.12. The lowest BCUT2D eigenvalue weighted by molar-refractivity contribution is -0.177. The Kier molecular flexibility index (Phi) is 2.82. The maximum atomic E-state index is 12.6. The van der Waals surface area contributed by atoms with Gasteiger partial charge in [-0.1, -0.05) is 11.6 Å². The van der Waals surface area contributed by atoms with Crippen molar-refractivity contribution in [1.82, 2.24) is 9.97 Å². The SMILES string of the molecule is Cc1nc(Cl)c2c(n1)CCC(C(F)(F)F)C2. The Labute approximate surface area is 95.9 Å². The molecule has 16 heavy (non-hydrogen) atoms. The Morgan fingerprint density at radius 3 is 2.62 bits per heavy atom. The van der Waals surface area contributed by atoms with Gasteiger partial charge in [-0.3, -0.25) is 0 Å². The lowest BCUT2D eigenvalue weighted by Crippen LogP contribution is -2.29. The molecule has 2 nitrogen and oxygen atoms in total. The minimum atomic E-state index is -4.16. The Balaban J connectivity index is 2.34. The van der Waals surface area contributed by atoms with E-state index < -0.39 is 12.1 Å². The number of aromatic nitrogens is 2. The summed E-state index contributed by atoms with van der Waals surface area (Å²) in [6.07, 6.45) is -3.85. The molecular weight excluding hydrogens is 241 g/mol. The lowest BCUT2D eigenvalue weighted by Gasteiger charge is -2.26. The van der Waals surface area contributed by atoms with Gasteiger partial charge in [0.05, 0.1) is 5.92 Å². The van der Waals surface area contributed by atoms with Crippen molar-refractivity contribution in [2.45, 2.75) is 32.4 Å². The van der Waals surface area contributed by atoms with Crippen LogP contribution in [0.1, 0.15) is 23.5 Å². The van der Waals surface area contributed by atoms with E-state index in [1.807, 2.05) is 0 Å². The Hall–Kier alpha value is -0.840. The van der Waals surface area contributed by atoms with Crippen molar-refractivity contribution in [2.24, 2.45) is 5.92 Å². The molecule has 0 spiro atoms. The number of nitrogens with zero attached hydrogens (tertiary/aromatic N) is 2. The normalized spacial score (nSPS) is 20.7. The van der Waals surface area contributed by atoms with Gasteiger partial charge in [-0.2, -0.15) is 13.2 Å². The van der Waals surface area contributed by atoms with E-state index in [1.165, 1.54) is 0 Å². The van der Waals surface area contributed by atoms with Crippen molar-refractivity contribution in [1.29, 1.82) is 0 Å². The first-order valence-electron chi connectivity index (χ1n) is 4.96. The number of fused-ring (bicyclic) bond motifs is 1. The van der Waals surface area contributed by atoms with Gasteiger partial charge in [0.1, 0.15) is 11.0 Å².